The fourth-order valence-corrected chi connectivity index (χ4v) is 4.80. The number of rotatable bonds is 5. The van der Waals surface area contributed by atoms with Gasteiger partial charge in [-0.25, -0.2) is 4.39 Å². The summed E-state index contributed by atoms with van der Waals surface area (Å²) in [5, 5.41) is 2.27. The lowest BCUT2D eigenvalue weighted by molar-refractivity contribution is -0.636. The summed E-state index contributed by atoms with van der Waals surface area (Å²) in [6.07, 6.45) is 47.5. The van der Waals surface area contributed by atoms with Crippen LogP contribution in [0.1, 0.15) is 86.8 Å². The van der Waals surface area contributed by atoms with Crippen molar-refractivity contribution in [3.05, 3.63) is 34.6 Å². The zero-order valence-electron chi connectivity index (χ0n) is 24.5. The van der Waals surface area contributed by atoms with Crippen LogP contribution in [0.3, 0.4) is 0 Å². The van der Waals surface area contributed by atoms with Crippen molar-refractivity contribution in [2.75, 3.05) is 39.9 Å². The quantitative estimate of drug-likeness (QED) is 0.406. The van der Waals surface area contributed by atoms with Crippen molar-refractivity contribution < 1.29 is 19.2 Å². The summed E-state index contributed by atoms with van der Waals surface area (Å²) >= 11 is 0. The Hall–Kier alpha value is -3.22. The van der Waals surface area contributed by atoms with Crippen LogP contribution < -0.4 is 5.32 Å². The van der Waals surface area contributed by atoms with Crippen LogP contribution >= 0.6 is 0 Å². The van der Waals surface area contributed by atoms with Gasteiger partial charge in [-0.15, -0.1) is 51.4 Å². The summed E-state index contributed by atoms with van der Waals surface area (Å²) in [7, 11) is 1.69. The second-order valence-corrected chi connectivity index (χ2v) is 9.18. The molecular weight excluding hydrogens is 487 g/mol. The topological polar surface area (TPSA) is 46.1 Å². The highest BCUT2D eigenvalue weighted by Gasteiger charge is 2.25. The number of hydrogen-bond donors (Lipinski definition) is 1. The van der Waals surface area contributed by atoms with Crippen molar-refractivity contribution in [3.63, 3.8) is 0 Å². The number of amides is 1. The highest BCUT2D eigenvalue weighted by Crippen LogP contribution is 2.28. The molecule has 1 atom stereocenters. The van der Waals surface area contributed by atoms with Crippen LogP contribution in [0.25, 0.3) is 0 Å². The van der Waals surface area contributed by atoms with Gasteiger partial charge in [0.15, 0.2) is 0 Å². The molecule has 3 fully saturated rings. The maximum Gasteiger partial charge on any atom is 0.209 e. The van der Waals surface area contributed by atoms with Gasteiger partial charge < -0.3 is 15.0 Å². The van der Waals surface area contributed by atoms with Gasteiger partial charge in [-0.3, -0.25) is 4.79 Å². The van der Waals surface area contributed by atoms with Crippen molar-refractivity contribution in [3.8, 4) is 51.4 Å². The molecule has 2 N–H and O–H groups in total. The van der Waals surface area contributed by atoms with Crippen molar-refractivity contribution in [1.82, 2.24) is 4.90 Å². The zero-order chi connectivity index (χ0) is 30.3. The highest BCUT2D eigenvalue weighted by atomic mass is 19.1. The summed E-state index contributed by atoms with van der Waals surface area (Å²) in [6, 6.07) is 3.76. The van der Waals surface area contributed by atoms with Gasteiger partial charge >= 0.3 is 0 Å². The van der Waals surface area contributed by atoms with E-state index in [4.69, 9.17) is 4.74 Å². The molecule has 2 heterocycles. The Morgan fingerprint density at radius 1 is 0.897 bits per heavy atom. The normalized spacial score (nSPS) is 16.8. The van der Waals surface area contributed by atoms with Gasteiger partial charge in [-0.05, 0) is 49.8 Å². The van der Waals surface area contributed by atoms with Crippen molar-refractivity contribution in [2.45, 2.75) is 83.5 Å². The van der Waals surface area contributed by atoms with Crippen molar-refractivity contribution in [2.24, 2.45) is 0 Å². The Morgan fingerprint density at radius 2 is 1.38 bits per heavy atom. The van der Waals surface area contributed by atoms with Gasteiger partial charge in [-0.2, -0.15) is 0 Å². The molecule has 1 aliphatic carbocycles. The molecule has 4 rings (SSSR count). The standard InChI is InChI=1S/C14H20FNO.C6H11NO.C6H12.4C2H2/c1-10-7-11(4-6-17-2)14(13(15)8-10)12-3-5-16-9-12;8-6-7-4-2-1-3-5-7;1-2-4-6-5-3-1;4*1-2/h7-8,12,16H,3-6,9H2,1-2H3;6H,1-5H2;1-6H2;4*1-2H/p+1/t12-;;;;;;/m0....../s1. The molecule has 0 spiro atoms. The predicted molar refractivity (Wildman–Crippen MR) is 164 cm³/mol. The first kappa shape index (κ1) is 40.3. The molecule has 0 bridgehead atoms. The molecule has 0 aromatic heterocycles. The number of halogens is 1. The maximum absolute atomic E-state index is 14.1. The number of quaternary nitrogens is 1. The minimum Gasteiger partial charge on any atom is -0.384 e. The van der Waals surface area contributed by atoms with Crippen molar-refractivity contribution >= 4 is 6.41 Å². The van der Waals surface area contributed by atoms with Gasteiger partial charge in [-0.1, -0.05) is 44.6 Å². The number of methoxy groups -OCH3 is 1. The largest absolute Gasteiger partial charge is 0.384 e. The zero-order valence-corrected chi connectivity index (χ0v) is 24.5. The SMILES string of the molecule is C#C.C#C.C#C.C#C.C1CCCCC1.COCCc1cc(C)cc(F)c1[C@H]1CC[NH2+]C1.O=CN1CCCCC1. The fourth-order valence-electron chi connectivity index (χ4n) is 4.80. The fraction of sp³-hybridized carbons (Fsp3) is 0.559. The van der Waals surface area contributed by atoms with E-state index in [2.05, 4.69) is 62.8 Å². The molecule has 39 heavy (non-hydrogen) atoms. The highest BCUT2D eigenvalue weighted by molar-refractivity contribution is 5.46. The second-order valence-electron chi connectivity index (χ2n) is 9.18. The number of terminal acetylenes is 4. The predicted octanol–water partition coefficient (Wildman–Crippen LogP) is 5.34. The molecule has 1 amide bonds. The van der Waals surface area contributed by atoms with Gasteiger partial charge in [0, 0.05) is 38.1 Å². The van der Waals surface area contributed by atoms with Gasteiger partial charge in [0.25, 0.3) is 0 Å². The molecular formula is C34H52FN2O2+. The number of carbonyl (C=O) groups is 1. The molecule has 1 aromatic rings. The Bertz CT molecular complexity index is 746. The van der Waals surface area contributed by atoms with Crippen LogP contribution in [0.5, 0.6) is 0 Å². The van der Waals surface area contributed by atoms with E-state index in [1.807, 2.05) is 11.8 Å². The van der Waals surface area contributed by atoms with Crippen LogP contribution in [0.15, 0.2) is 12.1 Å². The minimum atomic E-state index is -0.0311. The Labute approximate surface area is 239 Å². The molecule has 0 radical (unpaired) electrons. The molecule has 216 valence electrons. The molecule has 2 saturated heterocycles. The van der Waals surface area contributed by atoms with Crippen LogP contribution in [0.4, 0.5) is 4.39 Å². The Balaban J connectivity index is -0.000000492. The van der Waals surface area contributed by atoms with E-state index in [0.29, 0.717) is 12.5 Å². The van der Waals surface area contributed by atoms with E-state index in [1.54, 1.807) is 13.2 Å². The molecule has 0 unspecified atom stereocenters. The first-order chi connectivity index (χ1) is 19.2. The number of nitrogens with zero attached hydrogens (tertiary/aromatic N) is 1. The number of likely N-dealkylation sites (tertiary alicyclic amines) is 1. The monoisotopic (exact) mass is 539 g/mol. The van der Waals surface area contributed by atoms with E-state index in [9.17, 15) is 9.18 Å². The summed E-state index contributed by atoms with van der Waals surface area (Å²) in [5.41, 5.74) is 3.06. The molecule has 3 aliphatic rings. The van der Waals surface area contributed by atoms with E-state index in [0.717, 1.165) is 62.1 Å². The van der Waals surface area contributed by atoms with E-state index < -0.39 is 0 Å². The molecule has 1 saturated carbocycles. The number of carbonyl (C=O) groups excluding carboxylic acids is 1. The molecule has 2 aliphatic heterocycles. The number of aryl methyl sites for hydroxylation is 1. The number of piperidine rings is 1. The molecule has 5 heteroatoms. The molecule has 4 nitrogen and oxygen atoms in total. The summed E-state index contributed by atoms with van der Waals surface area (Å²) < 4.78 is 19.2. The van der Waals surface area contributed by atoms with Crippen LogP contribution in [-0.2, 0) is 16.0 Å². The average molecular weight is 540 g/mol. The van der Waals surface area contributed by atoms with E-state index in [-0.39, 0.29) is 5.82 Å². The smallest absolute Gasteiger partial charge is 0.209 e. The third kappa shape index (κ3) is 19.5. The Morgan fingerprint density at radius 3 is 1.77 bits per heavy atom. The van der Waals surface area contributed by atoms with Crippen LogP contribution in [-0.4, -0.2) is 51.2 Å². The lowest BCUT2D eigenvalue weighted by atomic mass is 9.90. The summed E-state index contributed by atoms with van der Waals surface area (Å²) in [5.74, 6) is 0.346. The third-order valence-corrected chi connectivity index (χ3v) is 6.55. The minimum absolute atomic E-state index is 0.0311. The van der Waals surface area contributed by atoms with E-state index in [1.165, 1.54) is 57.8 Å². The van der Waals surface area contributed by atoms with E-state index >= 15 is 0 Å². The van der Waals surface area contributed by atoms with Gasteiger partial charge in [0.1, 0.15) is 5.82 Å². The van der Waals surface area contributed by atoms with Crippen molar-refractivity contribution in [1.29, 1.82) is 0 Å². The lowest BCUT2D eigenvalue weighted by Crippen LogP contribution is -2.81. The van der Waals surface area contributed by atoms with Gasteiger partial charge in [0.05, 0.1) is 19.7 Å². The Kier molecular flexibility index (Phi) is 32.0. The first-order valence-corrected chi connectivity index (χ1v) is 13.8. The lowest BCUT2D eigenvalue weighted by Gasteiger charge is -2.21. The van der Waals surface area contributed by atoms with Gasteiger partial charge in [0.2, 0.25) is 6.41 Å². The second kappa shape index (κ2) is 31.0. The summed E-state index contributed by atoms with van der Waals surface area (Å²) in [4.78, 5) is 11.9. The van der Waals surface area contributed by atoms with Crippen LogP contribution in [0, 0.1) is 64.1 Å². The number of hydrogen-bond acceptors (Lipinski definition) is 2. The molecule has 1 aromatic carbocycles. The first-order valence-electron chi connectivity index (χ1n) is 13.8. The van der Waals surface area contributed by atoms with Crippen LogP contribution in [0.2, 0.25) is 0 Å². The average Bonchev–Trinajstić information content (AvgIpc) is 3.56. The number of benzene rings is 1. The number of nitrogens with two attached hydrogens (primary N) is 1. The number of ether oxygens (including phenoxy) is 1. The summed E-state index contributed by atoms with van der Waals surface area (Å²) in [6.45, 7) is 6.69. The third-order valence-electron chi connectivity index (χ3n) is 6.55. The maximum atomic E-state index is 14.1.